The Labute approximate surface area is 116 Å². The summed E-state index contributed by atoms with van der Waals surface area (Å²) in [6, 6.07) is 5.41. The molecule has 0 aliphatic rings. The molecule has 0 saturated heterocycles. The quantitative estimate of drug-likeness (QED) is 0.857. The lowest BCUT2D eigenvalue weighted by atomic mass is 10.2. The van der Waals surface area contributed by atoms with Crippen molar-refractivity contribution in [2.24, 2.45) is 0 Å². The van der Waals surface area contributed by atoms with E-state index < -0.39 is 12.6 Å². The normalized spacial score (nSPS) is 11.7. The van der Waals surface area contributed by atoms with Gasteiger partial charge in [-0.15, -0.1) is 0 Å². The number of rotatable bonds is 6. The van der Waals surface area contributed by atoms with E-state index in [1.165, 1.54) is 4.90 Å². The molecule has 19 heavy (non-hydrogen) atoms. The Morgan fingerprint density at radius 2 is 2.00 bits per heavy atom. The fourth-order valence-corrected chi connectivity index (χ4v) is 2.00. The van der Waals surface area contributed by atoms with Crippen LogP contribution in [0.5, 0.6) is 0 Å². The van der Waals surface area contributed by atoms with Crippen LogP contribution in [0.25, 0.3) is 0 Å². The average molecular weight is 295 g/mol. The van der Waals surface area contributed by atoms with Crippen molar-refractivity contribution in [1.29, 1.82) is 0 Å². The second-order valence-electron chi connectivity index (χ2n) is 4.35. The Morgan fingerprint density at radius 1 is 1.32 bits per heavy atom. The van der Waals surface area contributed by atoms with Crippen LogP contribution in [0.4, 0.5) is 18.9 Å². The van der Waals surface area contributed by atoms with Gasteiger partial charge in [-0.3, -0.25) is 0 Å². The van der Waals surface area contributed by atoms with Gasteiger partial charge in [0.05, 0.1) is 17.1 Å². The fourth-order valence-electron chi connectivity index (χ4n) is 1.65. The van der Waals surface area contributed by atoms with E-state index in [9.17, 15) is 13.2 Å². The van der Waals surface area contributed by atoms with Gasteiger partial charge >= 0.3 is 6.18 Å². The summed E-state index contributed by atoms with van der Waals surface area (Å²) in [4.78, 5) is 1.52. The zero-order valence-electron chi connectivity index (χ0n) is 11.0. The summed E-state index contributed by atoms with van der Waals surface area (Å²) in [6.45, 7) is 3.45. The molecule has 1 rings (SSSR count). The molecule has 108 valence electrons. The molecule has 0 saturated carbocycles. The highest BCUT2D eigenvalue weighted by Gasteiger charge is 2.27. The topological polar surface area (TPSA) is 15.3 Å². The molecule has 0 amide bonds. The predicted molar refractivity (Wildman–Crippen MR) is 72.8 cm³/mol. The van der Waals surface area contributed by atoms with Gasteiger partial charge < -0.3 is 10.2 Å². The van der Waals surface area contributed by atoms with Crippen LogP contribution in [-0.4, -0.2) is 26.3 Å². The molecule has 6 heteroatoms. The molecule has 1 aromatic carbocycles. The third kappa shape index (κ3) is 5.70. The first kappa shape index (κ1) is 16.1. The summed E-state index contributed by atoms with van der Waals surface area (Å²) in [7, 11) is 1.61. The highest BCUT2D eigenvalue weighted by Crippen LogP contribution is 2.28. The summed E-state index contributed by atoms with van der Waals surface area (Å²) in [5.74, 6) is 0. The van der Waals surface area contributed by atoms with E-state index in [1.54, 1.807) is 19.2 Å². The molecule has 0 aromatic heterocycles. The van der Waals surface area contributed by atoms with Crippen molar-refractivity contribution in [2.75, 3.05) is 25.0 Å². The molecule has 1 N–H and O–H groups in total. The number of alkyl halides is 3. The number of nitrogens with one attached hydrogen (secondary N) is 1. The van der Waals surface area contributed by atoms with Gasteiger partial charge in [-0.2, -0.15) is 13.2 Å². The summed E-state index contributed by atoms with van der Waals surface area (Å²) in [5.41, 5.74) is 1.63. The molecule has 0 atom stereocenters. The standard InChI is InChI=1S/C13H18ClF3N2/c1-3-18-9-10-4-5-12(11(14)8-10)19(2)7-6-13(15,16)17/h4-5,8,18H,3,6-7,9H2,1-2H3. The van der Waals surface area contributed by atoms with E-state index in [0.29, 0.717) is 17.3 Å². The summed E-state index contributed by atoms with van der Waals surface area (Å²) in [5, 5.41) is 3.64. The minimum Gasteiger partial charge on any atom is -0.373 e. The van der Waals surface area contributed by atoms with Crippen LogP contribution in [0.2, 0.25) is 5.02 Å². The van der Waals surface area contributed by atoms with Gasteiger partial charge in [0, 0.05) is 20.1 Å². The fraction of sp³-hybridized carbons (Fsp3) is 0.538. The van der Waals surface area contributed by atoms with Crippen LogP contribution in [0.1, 0.15) is 18.9 Å². The molecule has 0 unspecified atom stereocenters. The number of anilines is 1. The van der Waals surface area contributed by atoms with Crippen molar-refractivity contribution >= 4 is 17.3 Å². The maximum absolute atomic E-state index is 12.2. The minimum atomic E-state index is -4.15. The third-order valence-electron chi connectivity index (χ3n) is 2.73. The Bertz CT molecular complexity index is 407. The smallest absolute Gasteiger partial charge is 0.373 e. The van der Waals surface area contributed by atoms with Crippen molar-refractivity contribution in [2.45, 2.75) is 26.1 Å². The third-order valence-corrected chi connectivity index (χ3v) is 3.04. The minimum absolute atomic E-state index is 0.101. The van der Waals surface area contributed by atoms with Crippen molar-refractivity contribution in [3.05, 3.63) is 28.8 Å². The molecule has 0 spiro atoms. The Kier molecular flexibility index (Phi) is 5.94. The molecular formula is C13H18ClF3N2. The maximum atomic E-state index is 12.2. The van der Waals surface area contributed by atoms with Crippen molar-refractivity contribution < 1.29 is 13.2 Å². The van der Waals surface area contributed by atoms with Crippen LogP contribution in [0, 0.1) is 0 Å². The first-order valence-electron chi connectivity index (χ1n) is 6.10. The highest BCUT2D eigenvalue weighted by molar-refractivity contribution is 6.33. The zero-order chi connectivity index (χ0) is 14.5. The molecule has 2 nitrogen and oxygen atoms in total. The van der Waals surface area contributed by atoms with E-state index in [0.717, 1.165) is 12.1 Å². The van der Waals surface area contributed by atoms with E-state index in [-0.39, 0.29) is 6.54 Å². The second kappa shape index (κ2) is 7.01. The van der Waals surface area contributed by atoms with Crippen molar-refractivity contribution in [3.8, 4) is 0 Å². The monoisotopic (exact) mass is 294 g/mol. The van der Waals surface area contributed by atoms with Crippen LogP contribution >= 0.6 is 11.6 Å². The second-order valence-corrected chi connectivity index (χ2v) is 4.76. The van der Waals surface area contributed by atoms with Crippen molar-refractivity contribution in [1.82, 2.24) is 5.32 Å². The van der Waals surface area contributed by atoms with Gasteiger partial charge in [0.1, 0.15) is 0 Å². The number of nitrogens with zero attached hydrogens (tertiary/aromatic N) is 1. The summed E-state index contributed by atoms with van der Waals surface area (Å²) >= 11 is 6.10. The van der Waals surface area contributed by atoms with Crippen LogP contribution in [0.3, 0.4) is 0 Å². The molecule has 1 aromatic rings. The van der Waals surface area contributed by atoms with E-state index in [2.05, 4.69) is 5.32 Å². The Balaban J connectivity index is 2.67. The largest absolute Gasteiger partial charge is 0.390 e. The zero-order valence-corrected chi connectivity index (χ0v) is 11.8. The van der Waals surface area contributed by atoms with E-state index in [4.69, 9.17) is 11.6 Å². The molecule has 0 bridgehead atoms. The van der Waals surface area contributed by atoms with E-state index >= 15 is 0 Å². The van der Waals surface area contributed by atoms with Gasteiger partial charge in [-0.1, -0.05) is 24.6 Å². The first-order chi connectivity index (χ1) is 8.83. The number of hydrogen-bond acceptors (Lipinski definition) is 2. The Hall–Kier alpha value is -0.940. The van der Waals surface area contributed by atoms with Gasteiger partial charge in [-0.05, 0) is 24.2 Å². The lowest BCUT2D eigenvalue weighted by Crippen LogP contribution is -2.24. The highest BCUT2D eigenvalue weighted by atomic mass is 35.5. The molecule has 0 aliphatic carbocycles. The number of hydrogen-bond donors (Lipinski definition) is 1. The van der Waals surface area contributed by atoms with Gasteiger partial charge in [0.25, 0.3) is 0 Å². The first-order valence-corrected chi connectivity index (χ1v) is 6.48. The summed E-state index contributed by atoms with van der Waals surface area (Å²) in [6.07, 6.45) is -5.00. The van der Waals surface area contributed by atoms with Crippen molar-refractivity contribution in [3.63, 3.8) is 0 Å². The Morgan fingerprint density at radius 3 is 2.53 bits per heavy atom. The molecular weight excluding hydrogens is 277 g/mol. The van der Waals surface area contributed by atoms with Gasteiger partial charge in [0.2, 0.25) is 0 Å². The van der Waals surface area contributed by atoms with Gasteiger partial charge in [0.15, 0.2) is 0 Å². The lowest BCUT2D eigenvalue weighted by Gasteiger charge is -2.21. The van der Waals surface area contributed by atoms with Crippen LogP contribution in [-0.2, 0) is 6.54 Å². The summed E-state index contributed by atoms with van der Waals surface area (Å²) < 4.78 is 36.5. The maximum Gasteiger partial charge on any atom is 0.390 e. The van der Waals surface area contributed by atoms with Gasteiger partial charge in [-0.25, -0.2) is 0 Å². The molecule has 0 heterocycles. The average Bonchev–Trinajstić information content (AvgIpc) is 2.32. The predicted octanol–water partition coefficient (Wildman–Crippen LogP) is 3.84. The lowest BCUT2D eigenvalue weighted by molar-refractivity contribution is -0.132. The number of halogens is 4. The number of benzene rings is 1. The molecule has 0 radical (unpaired) electrons. The van der Waals surface area contributed by atoms with Crippen LogP contribution in [0.15, 0.2) is 18.2 Å². The molecule has 0 aliphatic heterocycles. The molecule has 0 fully saturated rings. The van der Waals surface area contributed by atoms with E-state index in [1.807, 2.05) is 13.0 Å². The van der Waals surface area contributed by atoms with Crippen LogP contribution < -0.4 is 10.2 Å². The SMILES string of the molecule is CCNCc1ccc(N(C)CCC(F)(F)F)c(Cl)c1.